The Balaban J connectivity index is 1.11. The molecule has 1 saturated carbocycles. The number of morpholine rings is 1. The van der Waals surface area contributed by atoms with Crippen molar-refractivity contribution >= 4 is 28.6 Å². The first-order chi connectivity index (χ1) is 22.3. The van der Waals surface area contributed by atoms with Crippen LogP contribution in [0, 0.1) is 6.92 Å². The molecule has 1 aliphatic carbocycles. The lowest BCUT2D eigenvalue weighted by Crippen LogP contribution is -2.37. The highest BCUT2D eigenvalue weighted by atomic mass is 16.5. The van der Waals surface area contributed by atoms with Crippen molar-refractivity contribution in [2.45, 2.75) is 51.4 Å². The molecule has 0 bridgehead atoms. The summed E-state index contributed by atoms with van der Waals surface area (Å²) >= 11 is 0. The zero-order valence-electron chi connectivity index (χ0n) is 26.8. The van der Waals surface area contributed by atoms with E-state index in [0.29, 0.717) is 43.1 Å². The Labute approximate surface area is 268 Å². The Kier molecular flexibility index (Phi) is 9.62. The van der Waals surface area contributed by atoms with Crippen molar-refractivity contribution in [2.75, 3.05) is 57.2 Å². The second-order valence-corrected chi connectivity index (χ2v) is 11.8. The fraction of sp³-hybridized carbons (Fsp3) is 0.500. The maximum Gasteiger partial charge on any atom is 0.259 e. The van der Waals surface area contributed by atoms with Gasteiger partial charge in [-0.2, -0.15) is 4.98 Å². The van der Waals surface area contributed by atoms with Gasteiger partial charge < -0.3 is 38.6 Å². The molecule has 2 aliphatic rings. The maximum atomic E-state index is 11.8. The summed E-state index contributed by atoms with van der Waals surface area (Å²) < 4.78 is 25.8. The average molecular weight is 632 g/mol. The number of carbonyl (C=O) groups is 1. The van der Waals surface area contributed by atoms with Gasteiger partial charge in [-0.1, -0.05) is 0 Å². The number of hydrogen-bond donors (Lipinski definition) is 1. The van der Waals surface area contributed by atoms with Gasteiger partial charge in [0.1, 0.15) is 30.1 Å². The van der Waals surface area contributed by atoms with E-state index in [1.807, 2.05) is 36.9 Å². The molecule has 244 valence electrons. The van der Waals surface area contributed by atoms with E-state index in [2.05, 4.69) is 25.2 Å². The third-order valence-corrected chi connectivity index (χ3v) is 8.42. The first-order valence-corrected chi connectivity index (χ1v) is 15.6. The molecule has 14 heteroatoms. The minimum Gasteiger partial charge on any atom is -0.486 e. The van der Waals surface area contributed by atoms with Gasteiger partial charge >= 0.3 is 0 Å². The molecular formula is C32H41N9O5. The highest BCUT2D eigenvalue weighted by molar-refractivity contribution is 5.87. The van der Waals surface area contributed by atoms with Crippen LogP contribution in [0.25, 0.3) is 10.9 Å². The number of imidazole rings is 1. The lowest BCUT2D eigenvalue weighted by Gasteiger charge is -2.31. The van der Waals surface area contributed by atoms with Crippen molar-refractivity contribution in [3.8, 4) is 17.4 Å². The molecule has 5 heterocycles. The van der Waals surface area contributed by atoms with E-state index in [1.54, 1.807) is 32.7 Å². The van der Waals surface area contributed by atoms with Crippen LogP contribution in [0.4, 0.5) is 11.8 Å². The number of aromatic nitrogens is 6. The van der Waals surface area contributed by atoms with Crippen molar-refractivity contribution in [1.82, 2.24) is 34.4 Å². The fourth-order valence-corrected chi connectivity index (χ4v) is 5.43. The molecular weight excluding hydrogens is 590 g/mol. The molecule has 46 heavy (non-hydrogen) atoms. The van der Waals surface area contributed by atoms with Gasteiger partial charge in [-0.25, -0.2) is 15.0 Å². The summed E-state index contributed by atoms with van der Waals surface area (Å²) in [5.41, 5.74) is 1.78. The van der Waals surface area contributed by atoms with Crippen LogP contribution < -0.4 is 24.4 Å². The van der Waals surface area contributed by atoms with E-state index in [0.717, 1.165) is 67.0 Å². The summed E-state index contributed by atoms with van der Waals surface area (Å²) in [6, 6.07) is 4.19. The lowest BCUT2D eigenvalue weighted by molar-refractivity contribution is -0.130. The Morgan fingerprint density at radius 2 is 1.72 bits per heavy atom. The van der Waals surface area contributed by atoms with Crippen LogP contribution >= 0.6 is 0 Å². The van der Waals surface area contributed by atoms with Gasteiger partial charge in [-0.05, 0) is 38.7 Å². The van der Waals surface area contributed by atoms with Gasteiger partial charge in [0.2, 0.25) is 11.8 Å². The minimum absolute atomic E-state index is 0.00149. The van der Waals surface area contributed by atoms with Crippen LogP contribution in [0.3, 0.4) is 0 Å². The van der Waals surface area contributed by atoms with E-state index in [9.17, 15) is 4.79 Å². The number of nitrogens with zero attached hydrogens (tertiary/aromatic N) is 8. The molecule has 6 rings (SSSR count). The summed E-state index contributed by atoms with van der Waals surface area (Å²) in [5.74, 6) is 3.83. The summed E-state index contributed by atoms with van der Waals surface area (Å²) in [6.07, 6.45) is 10.2. The maximum absolute atomic E-state index is 11.8. The third kappa shape index (κ3) is 7.56. The minimum atomic E-state index is -0.127. The molecule has 0 atom stereocenters. The van der Waals surface area contributed by atoms with Gasteiger partial charge in [0.15, 0.2) is 12.4 Å². The molecule has 4 aromatic rings. The molecule has 1 N–H and O–H groups in total. The first-order valence-electron chi connectivity index (χ1n) is 15.6. The second-order valence-electron chi connectivity index (χ2n) is 11.8. The predicted octanol–water partition coefficient (Wildman–Crippen LogP) is 3.15. The molecule has 2 fully saturated rings. The van der Waals surface area contributed by atoms with E-state index in [4.69, 9.17) is 28.9 Å². The molecule has 1 amide bonds. The van der Waals surface area contributed by atoms with Crippen LogP contribution in [0.2, 0.25) is 0 Å². The summed E-state index contributed by atoms with van der Waals surface area (Å²) in [5, 5.41) is 4.24. The van der Waals surface area contributed by atoms with Crippen molar-refractivity contribution in [3.63, 3.8) is 0 Å². The third-order valence-electron chi connectivity index (χ3n) is 8.42. The lowest BCUT2D eigenvalue weighted by atomic mass is 9.93. The number of aryl methyl sites for hydroxylation is 1. The summed E-state index contributed by atoms with van der Waals surface area (Å²) in [4.78, 5) is 38.3. The van der Waals surface area contributed by atoms with Crippen molar-refractivity contribution in [1.29, 1.82) is 0 Å². The average Bonchev–Trinajstić information content (AvgIpc) is 3.40. The topological polar surface area (TPSA) is 142 Å². The number of nitrogens with one attached hydrogen (secondary N) is 1. The number of rotatable bonds is 11. The van der Waals surface area contributed by atoms with Crippen LogP contribution in [0.15, 0.2) is 36.9 Å². The Hall–Kier alpha value is -4.72. The Bertz CT molecular complexity index is 1630. The number of anilines is 2. The highest BCUT2D eigenvalue weighted by Crippen LogP contribution is 2.33. The summed E-state index contributed by atoms with van der Waals surface area (Å²) in [7, 11) is 5.35. The van der Waals surface area contributed by atoms with Crippen LogP contribution in [-0.2, 0) is 23.2 Å². The van der Waals surface area contributed by atoms with Gasteiger partial charge in [0.05, 0.1) is 54.6 Å². The first kappa shape index (κ1) is 31.3. The number of ether oxygens (including phenoxy) is 4. The number of pyridine rings is 2. The number of fused-ring (bicyclic) bond motifs is 1. The number of hydrogen-bond acceptors (Lipinski definition) is 12. The van der Waals surface area contributed by atoms with Crippen LogP contribution in [0.5, 0.6) is 17.4 Å². The van der Waals surface area contributed by atoms with Gasteiger partial charge in [0.25, 0.3) is 5.91 Å². The molecule has 0 spiro atoms. The smallest absolute Gasteiger partial charge is 0.259 e. The molecule has 4 aromatic heterocycles. The number of amides is 1. The predicted molar refractivity (Wildman–Crippen MR) is 171 cm³/mol. The van der Waals surface area contributed by atoms with Gasteiger partial charge in [-0.3, -0.25) is 9.78 Å². The molecule has 14 nitrogen and oxygen atoms in total. The number of carbonyl (C=O) groups excluding carboxylic acids is 1. The Morgan fingerprint density at radius 1 is 0.978 bits per heavy atom. The van der Waals surface area contributed by atoms with Crippen LogP contribution in [-0.4, -0.2) is 99.4 Å². The normalized spacial score (nSPS) is 18.3. The van der Waals surface area contributed by atoms with Crippen LogP contribution in [0.1, 0.15) is 37.2 Å². The largest absolute Gasteiger partial charge is 0.486 e. The zero-order valence-corrected chi connectivity index (χ0v) is 26.8. The van der Waals surface area contributed by atoms with Crippen molar-refractivity contribution in [3.05, 3.63) is 48.4 Å². The van der Waals surface area contributed by atoms with Crippen molar-refractivity contribution in [2.24, 2.45) is 7.05 Å². The van der Waals surface area contributed by atoms with Crippen molar-refractivity contribution < 1.29 is 23.7 Å². The second kappa shape index (κ2) is 14.1. The van der Waals surface area contributed by atoms with E-state index in [-0.39, 0.29) is 24.7 Å². The Morgan fingerprint density at radius 3 is 2.41 bits per heavy atom. The van der Waals surface area contributed by atoms with E-state index in [1.165, 1.54) is 4.90 Å². The standard InChI is InChI=1S/C32H41N9O5/c1-21-33-15-23(40(21)4)19-44-25-13-27-28(34-16-25)14-29(41-9-11-43-12-10-41)38-31(27)46-24-7-5-22(6-8-24)37-32-35-17-26(18-36-32)45-20-30(42)39(2)3/h13-18,22,24H,5-12,19-20H2,1-4H3,(H,35,36,37)/t22-,24+. The molecule has 1 aliphatic heterocycles. The zero-order chi connectivity index (χ0) is 32.0. The fourth-order valence-electron chi connectivity index (χ4n) is 5.43. The van der Waals surface area contributed by atoms with E-state index >= 15 is 0 Å². The van der Waals surface area contributed by atoms with Gasteiger partial charge in [0, 0.05) is 46.3 Å². The monoisotopic (exact) mass is 631 g/mol. The highest BCUT2D eigenvalue weighted by Gasteiger charge is 2.25. The molecule has 0 aromatic carbocycles. The summed E-state index contributed by atoms with van der Waals surface area (Å²) in [6.45, 7) is 5.15. The van der Waals surface area contributed by atoms with Gasteiger partial charge in [-0.15, -0.1) is 0 Å². The molecule has 0 unspecified atom stereocenters. The SMILES string of the molecule is Cc1ncc(COc2cnc3cc(N4CCOCC4)nc(O[C@H]4CC[C@@H](Nc5ncc(OCC(=O)N(C)C)cn5)CC4)c3c2)n1C. The van der Waals surface area contributed by atoms with E-state index < -0.39 is 0 Å². The molecule has 1 saturated heterocycles. The number of likely N-dealkylation sites (N-methyl/N-ethyl adjacent to an activating group) is 1. The quantitative estimate of drug-likeness (QED) is 0.260. The molecule has 0 radical (unpaired) electrons.